The van der Waals surface area contributed by atoms with Gasteiger partial charge >= 0.3 is 0 Å². The number of rotatable bonds is 5. The third kappa shape index (κ3) is 3.03. The van der Waals surface area contributed by atoms with E-state index in [1.54, 1.807) is 4.90 Å². The molecule has 0 bridgehead atoms. The third-order valence-corrected chi connectivity index (χ3v) is 5.48. The highest BCUT2D eigenvalue weighted by Gasteiger charge is 2.55. The predicted octanol–water partition coefficient (Wildman–Crippen LogP) is 2.63. The monoisotopic (exact) mass is 354 g/mol. The van der Waals surface area contributed by atoms with Crippen molar-refractivity contribution in [2.45, 2.75) is 44.4 Å². The summed E-state index contributed by atoms with van der Waals surface area (Å²) in [6, 6.07) is 6.28. The largest absolute Gasteiger partial charge is 0.336 e. The number of likely N-dealkylation sites (tertiary alicyclic amines) is 1. The lowest BCUT2D eigenvalue weighted by atomic mass is 10.0. The number of piperidine rings is 1. The number of fused-ring (bicyclic) bond motifs is 2. The minimum atomic E-state index is -1.25. The molecular weight excluding hydrogens is 328 g/mol. The summed E-state index contributed by atoms with van der Waals surface area (Å²) >= 11 is 0. The van der Waals surface area contributed by atoms with E-state index in [0.717, 1.165) is 37.3 Å². The average Bonchev–Trinajstić information content (AvgIpc) is 3.24. The first-order chi connectivity index (χ1) is 12.7. The number of nitrogens with zero attached hydrogens (tertiary/aromatic N) is 2. The van der Waals surface area contributed by atoms with Crippen LogP contribution in [-0.4, -0.2) is 43.7 Å². The van der Waals surface area contributed by atoms with Crippen LogP contribution in [0.1, 0.15) is 43.2 Å². The first-order valence-electron chi connectivity index (χ1n) is 9.64. The lowest BCUT2D eigenvalue weighted by Crippen LogP contribution is -2.41. The number of terminal acetylenes is 1. The van der Waals surface area contributed by atoms with Crippen molar-refractivity contribution in [3.05, 3.63) is 29.3 Å². The fourth-order valence-electron chi connectivity index (χ4n) is 4.21. The second-order valence-electron chi connectivity index (χ2n) is 7.27. The molecule has 138 valence electrons. The van der Waals surface area contributed by atoms with Gasteiger partial charge in [0.2, 0.25) is 0 Å². The van der Waals surface area contributed by atoms with E-state index >= 15 is 0 Å². The maximum absolute atomic E-state index is 13.1. The van der Waals surface area contributed by atoms with E-state index < -0.39 is 5.79 Å². The van der Waals surface area contributed by atoms with Gasteiger partial charge in [0.1, 0.15) is 0 Å². The molecule has 0 unspecified atom stereocenters. The molecule has 1 amide bonds. The van der Waals surface area contributed by atoms with E-state index in [2.05, 4.69) is 23.0 Å². The first-order valence-corrected chi connectivity index (χ1v) is 9.64. The van der Waals surface area contributed by atoms with Crippen molar-refractivity contribution in [3.63, 3.8) is 0 Å². The molecule has 0 radical (unpaired) electrons. The summed E-state index contributed by atoms with van der Waals surface area (Å²) in [6.07, 6.45) is 10.6. The summed E-state index contributed by atoms with van der Waals surface area (Å²) in [5.74, 6) is 1.28. The summed E-state index contributed by atoms with van der Waals surface area (Å²) in [5.41, 5.74) is 2.97. The van der Waals surface area contributed by atoms with Crippen molar-refractivity contribution in [1.29, 1.82) is 0 Å². The Labute approximate surface area is 155 Å². The third-order valence-electron chi connectivity index (χ3n) is 5.48. The number of benzene rings is 1. The maximum atomic E-state index is 13.1. The minimum absolute atomic E-state index is 0.114. The van der Waals surface area contributed by atoms with Gasteiger partial charge in [-0.1, -0.05) is 12.5 Å². The van der Waals surface area contributed by atoms with Gasteiger partial charge in [0.15, 0.2) is 0 Å². The van der Waals surface area contributed by atoms with Gasteiger partial charge in [-0.2, -0.15) is 0 Å². The highest BCUT2D eigenvalue weighted by molar-refractivity contribution is 6.06. The molecule has 3 aliphatic heterocycles. The average molecular weight is 354 g/mol. The lowest BCUT2D eigenvalue weighted by molar-refractivity contribution is -0.180. The van der Waals surface area contributed by atoms with Crippen LogP contribution in [0.15, 0.2) is 18.2 Å². The molecule has 0 atom stereocenters. The zero-order chi connectivity index (χ0) is 18.0. The number of carbonyl (C=O) groups is 1. The van der Waals surface area contributed by atoms with Crippen molar-refractivity contribution in [2.24, 2.45) is 0 Å². The fraction of sp³-hybridized carbons (Fsp3) is 0.571. The van der Waals surface area contributed by atoms with E-state index in [1.807, 2.05) is 6.07 Å². The maximum Gasteiger partial charge on any atom is 0.292 e. The van der Waals surface area contributed by atoms with Crippen molar-refractivity contribution in [1.82, 2.24) is 4.90 Å². The van der Waals surface area contributed by atoms with E-state index in [0.29, 0.717) is 26.2 Å². The Bertz CT molecular complexity index is 712. The van der Waals surface area contributed by atoms with Crippen molar-refractivity contribution >= 4 is 11.6 Å². The molecule has 3 aliphatic rings. The molecule has 0 aliphatic carbocycles. The Morgan fingerprint density at radius 1 is 1.15 bits per heavy atom. The van der Waals surface area contributed by atoms with Crippen molar-refractivity contribution in [2.75, 3.05) is 37.7 Å². The number of anilines is 1. The fourth-order valence-corrected chi connectivity index (χ4v) is 4.21. The van der Waals surface area contributed by atoms with E-state index in [4.69, 9.17) is 15.9 Å². The van der Waals surface area contributed by atoms with E-state index in [9.17, 15) is 4.79 Å². The highest BCUT2D eigenvalue weighted by Crippen LogP contribution is 2.46. The van der Waals surface area contributed by atoms with Gasteiger partial charge in [0.05, 0.1) is 18.9 Å². The van der Waals surface area contributed by atoms with Gasteiger partial charge in [-0.15, -0.1) is 12.3 Å². The molecule has 5 nitrogen and oxygen atoms in total. The smallest absolute Gasteiger partial charge is 0.292 e. The highest BCUT2D eigenvalue weighted by atomic mass is 16.7. The second-order valence-corrected chi connectivity index (χ2v) is 7.27. The van der Waals surface area contributed by atoms with Gasteiger partial charge in [-0.25, -0.2) is 0 Å². The molecule has 26 heavy (non-hydrogen) atoms. The quantitative estimate of drug-likeness (QED) is 0.602. The molecule has 0 aromatic heterocycles. The van der Waals surface area contributed by atoms with Crippen molar-refractivity contribution < 1.29 is 14.3 Å². The van der Waals surface area contributed by atoms with E-state index in [1.165, 1.54) is 24.8 Å². The second kappa shape index (κ2) is 7.40. The number of amides is 1. The number of carbonyl (C=O) groups excluding carboxylic acids is 1. The van der Waals surface area contributed by atoms with Crippen LogP contribution in [0.4, 0.5) is 5.69 Å². The standard InChI is InChI=1S/C21H26N2O3/c1-2-3-5-12-23-19-9-8-17(16-22-10-6-4-7-11-22)15-18(19)21(20(23)24)25-13-14-26-21/h1,8-9,15H,3-7,10-14,16H2. The topological polar surface area (TPSA) is 42.0 Å². The van der Waals surface area contributed by atoms with Gasteiger partial charge in [0.25, 0.3) is 11.7 Å². The zero-order valence-corrected chi connectivity index (χ0v) is 15.2. The van der Waals surface area contributed by atoms with Crippen LogP contribution in [0.25, 0.3) is 0 Å². The van der Waals surface area contributed by atoms with Gasteiger partial charge in [-0.3, -0.25) is 9.69 Å². The van der Waals surface area contributed by atoms with Crippen LogP contribution in [0, 0.1) is 12.3 Å². The van der Waals surface area contributed by atoms with Crippen LogP contribution in [-0.2, 0) is 26.6 Å². The molecule has 0 N–H and O–H groups in total. The number of hydrogen-bond donors (Lipinski definition) is 0. The number of unbranched alkanes of at least 4 members (excludes halogenated alkanes) is 1. The van der Waals surface area contributed by atoms with Crippen LogP contribution >= 0.6 is 0 Å². The van der Waals surface area contributed by atoms with Crippen LogP contribution in [0.3, 0.4) is 0 Å². The van der Waals surface area contributed by atoms with Gasteiger partial charge in [0, 0.05) is 25.1 Å². The summed E-state index contributed by atoms with van der Waals surface area (Å²) in [5, 5.41) is 0. The summed E-state index contributed by atoms with van der Waals surface area (Å²) in [4.78, 5) is 17.4. The van der Waals surface area contributed by atoms with Gasteiger partial charge in [-0.05, 0) is 50.0 Å². The molecule has 4 rings (SSSR count). The van der Waals surface area contributed by atoms with Crippen LogP contribution in [0.5, 0.6) is 0 Å². The normalized spacial score (nSPS) is 22.0. The molecular formula is C21H26N2O3. The molecule has 0 saturated carbocycles. The molecule has 2 fully saturated rings. The number of ether oxygens (including phenoxy) is 2. The predicted molar refractivity (Wildman–Crippen MR) is 99.6 cm³/mol. The Morgan fingerprint density at radius 2 is 1.92 bits per heavy atom. The Morgan fingerprint density at radius 3 is 2.65 bits per heavy atom. The van der Waals surface area contributed by atoms with Crippen molar-refractivity contribution in [3.8, 4) is 12.3 Å². The van der Waals surface area contributed by atoms with Crippen LogP contribution in [0.2, 0.25) is 0 Å². The lowest BCUT2D eigenvalue weighted by Gasteiger charge is -2.27. The first kappa shape index (κ1) is 17.5. The molecule has 5 heteroatoms. The van der Waals surface area contributed by atoms with Crippen LogP contribution < -0.4 is 4.90 Å². The molecule has 1 aromatic carbocycles. The Hall–Kier alpha value is -1.87. The SMILES string of the molecule is C#CCCCN1C(=O)C2(OCCO2)c2cc(CN3CCCCC3)ccc21. The molecule has 3 heterocycles. The summed E-state index contributed by atoms with van der Waals surface area (Å²) in [6.45, 7) is 4.68. The Balaban J connectivity index is 1.61. The number of hydrogen-bond acceptors (Lipinski definition) is 4. The minimum Gasteiger partial charge on any atom is -0.336 e. The van der Waals surface area contributed by atoms with E-state index in [-0.39, 0.29) is 5.91 Å². The summed E-state index contributed by atoms with van der Waals surface area (Å²) < 4.78 is 11.7. The molecule has 1 spiro atoms. The molecule has 1 aromatic rings. The van der Waals surface area contributed by atoms with Gasteiger partial charge < -0.3 is 14.4 Å². The molecule has 2 saturated heterocycles. The Kier molecular flexibility index (Phi) is 4.99. The zero-order valence-electron chi connectivity index (χ0n) is 15.2. The summed E-state index contributed by atoms with van der Waals surface area (Å²) in [7, 11) is 0.